The second kappa shape index (κ2) is 10.8. The average molecular weight is 476 g/mol. The van der Waals surface area contributed by atoms with Gasteiger partial charge in [-0.15, -0.1) is 0 Å². The molecule has 1 aromatic heterocycles. The molecule has 2 aromatic rings. The number of aromatic nitrogens is 1. The minimum atomic E-state index is -3.57. The zero-order valence-corrected chi connectivity index (χ0v) is 19.7. The van der Waals surface area contributed by atoms with Gasteiger partial charge in [0.2, 0.25) is 15.9 Å². The van der Waals surface area contributed by atoms with Gasteiger partial charge < -0.3 is 9.64 Å². The quantitative estimate of drug-likeness (QED) is 0.570. The van der Waals surface area contributed by atoms with Gasteiger partial charge in [-0.3, -0.25) is 4.79 Å². The fraction of sp³-hybridized carbons (Fsp3) is 0.478. The van der Waals surface area contributed by atoms with Crippen molar-refractivity contribution in [1.29, 1.82) is 0 Å². The number of sulfonamides is 1. The molecular weight excluding hydrogens is 446 g/mol. The third-order valence-corrected chi connectivity index (χ3v) is 8.71. The Morgan fingerprint density at radius 2 is 1.78 bits per heavy atom. The summed E-state index contributed by atoms with van der Waals surface area (Å²) in [5.41, 5.74) is 0.935. The number of carbonyl (C=O) groups excluding carboxylic acids is 1. The Hall–Kier alpha value is -1.94. The number of rotatable bonds is 7. The van der Waals surface area contributed by atoms with Gasteiger partial charge in [0.05, 0.1) is 24.0 Å². The zero-order chi connectivity index (χ0) is 22.4. The van der Waals surface area contributed by atoms with E-state index < -0.39 is 10.0 Å². The number of benzene rings is 1. The summed E-state index contributed by atoms with van der Waals surface area (Å²) in [4.78, 5) is 19.6. The van der Waals surface area contributed by atoms with Crippen LogP contribution < -0.4 is 4.90 Å². The standard InChI is InChI=1S/C23H29N3O4S2/c27-23(26(19-7-3-1-4-8-19)20-9-5-2-6-10-20)18-31-22-12-11-21(17-24-22)32(28,29)25-13-15-30-16-14-25/h1,3-4,7-8,11-12,17,20H,2,5-6,9-10,13-16,18H2. The summed E-state index contributed by atoms with van der Waals surface area (Å²) in [5, 5.41) is 0.635. The molecule has 1 aliphatic carbocycles. The first kappa shape index (κ1) is 23.2. The fourth-order valence-electron chi connectivity index (χ4n) is 4.23. The van der Waals surface area contributed by atoms with Crippen molar-refractivity contribution in [1.82, 2.24) is 9.29 Å². The Kier molecular flexibility index (Phi) is 7.83. The van der Waals surface area contributed by atoms with Crippen LogP contribution in [0.5, 0.6) is 0 Å². The first-order chi connectivity index (χ1) is 15.6. The topological polar surface area (TPSA) is 79.8 Å². The van der Waals surface area contributed by atoms with Crippen LogP contribution in [0.1, 0.15) is 32.1 Å². The lowest BCUT2D eigenvalue weighted by Gasteiger charge is -2.34. The molecule has 2 fully saturated rings. The Balaban J connectivity index is 1.42. The molecule has 0 spiro atoms. The summed E-state index contributed by atoms with van der Waals surface area (Å²) in [5.74, 6) is 0.313. The van der Waals surface area contributed by atoms with E-state index in [0.717, 1.165) is 31.4 Å². The average Bonchev–Trinajstić information content (AvgIpc) is 2.85. The number of pyridine rings is 1. The molecule has 32 heavy (non-hydrogen) atoms. The molecule has 1 saturated carbocycles. The molecule has 172 valence electrons. The van der Waals surface area contributed by atoms with E-state index in [2.05, 4.69) is 4.98 Å². The summed E-state index contributed by atoms with van der Waals surface area (Å²) in [6.45, 7) is 1.51. The van der Waals surface area contributed by atoms with E-state index in [1.54, 1.807) is 12.1 Å². The number of hydrogen-bond donors (Lipinski definition) is 0. The van der Waals surface area contributed by atoms with Gasteiger partial charge >= 0.3 is 0 Å². The van der Waals surface area contributed by atoms with Crippen molar-refractivity contribution in [2.24, 2.45) is 0 Å². The second-order valence-electron chi connectivity index (χ2n) is 8.03. The van der Waals surface area contributed by atoms with Crippen LogP contribution in [0.2, 0.25) is 0 Å². The largest absolute Gasteiger partial charge is 0.379 e. The first-order valence-corrected chi connectivity index (χ1v) is 13.5. The van der Waals surface area contributed by atoms with Gasteiger partial charge in [0.25, 0.3) is 0 Å². The van der Waals surface area contributed by atoms with Gasteiger partial charge in [0, 0.05) is 31.0 Å². The summed E-state index contributed by atoms with van der Waals surface area (Å²) in [6.07, 6.45) is 6.96. The number of ether oxygens (including phenoxy) is 1. The minimum Gasteiger partial charge on any atom is -0.379 e. The number of thioether (sulfide) groups is 1. The van der Waals surface area contributed by atoms with Gasteiger partial charge in [0.15, 0.2) is 0 Å². The van der Waals surface area contributed by atoms with Gasteiger partial charge in [-0.1, -0.05) is 49.2 Å². The molecule has 2 heterocycles. The highest BCUT2D eigenvalue weighted by molar-refractivity contribution is 7.99. The lowest BCUT2D eigenvalue weighted by atomic mass is 9.93. The fourth-order valence-corrected chi connectivity index (χ4v) is 6.29. The SMILES string of the molecule is O=C(CSc1ccc(S(=O)(=O)N2CCOCC2)cn1)N(c1ccccc1)C1CCCCC1. The predicted molar refractivity (Wildman–Crippen MR) is 125 cm³/mol. The van der Waals surface area contributed by atoms with E-state index in [-0.39, 0.29) is 22.6 Å². The van der Waals surface area contributed by atoms with Gasteiger partial charge in [-0.05, 0) is 37.1 Å². The molecule has 0 unspecified atom stereocenters. The highest BCUT2D eigenvalue weighted by atomic mass is 32.2. The molecule has 0 bridgehead atoms. The number of anilines is 1. The third-order valence-electron chi connectivity index (χ3n) is 5.90. The number of nitrogens with zero attached hydrogens (tertiary/aromatic N) is 3. The van der Waals surface area contributed by atoms with Crippen LogP contribution in [0, 0.1) is 0 Å². The lowest BCUT2D eigenvalue weighted by Crippen LogP contribution is -2.42. The van der Waals surface area contributed by atoms with E-state index in [1.807, 2.05) is 35.2 Å². The summed E-state index contributed by atoms with van der Waals surface area (Å²) >= 11 is 1.34. The van der Waals surface area contributed by atoms with E-state index in [0.29, 0.717) is 31.3 Å². The van der Waals surface area contributed by atoms with Gasteiger partial charge in [-0.25, -0.2) is 13.4 Å². The molecule has 0 radical (unpaired) electrons. The Morgan fingerprint density at radius 3 is 2.44 bits per heavy atom. The van der Waals surface area contributed by atoms with Crippen LogP contribution in [-0.4, -0.2) is 61.7 Å². The molecule has 4 rings (SSSR count). The smallest absolute Gasteiger partial charge is 0.244 e. The van der Waals surface area contributed by atoms with Gasteiger partial charge in [-0.2, -0.15) is 4.31 Å². The number of morpholine rings is 1. The number of carbonyl (C=O) groups is 1. The van der Waals surface area contributed by atoms with Crippen LogP contribution in [0.25, 0.3) is 0 Å². The highest BCUT2D eigenvalue weighted by Gasteiger charge is 2.28. The summed E-state index contributed by atoms with van der Waals surface area (Å²) in [7, 11) is -3.57. The molecular formula is C23H29N3O4S2. The first-order valence-electron chi connectivity index (χ1n) is 11.1. The highest BCUT2D eigenvalue weighted by Crippen LogP contribution is 2.29. The molecule has 1 aromatic carbocycles. The van der Waals surface area contributed by atoms with Crippen molar-refractivity contribution in [3.63, 3.8) is 0 Å². The minimum absolute atomic E-state index is 0.0555. The van der Waals surface area contributed by atoms with Crippen molar-refractivity contribution in [3.05, 3.63) is 48.7 Å². The van der Waals surface area contributed by atoms with Crippen molar-refractivity contribution in [3.8, 4) is 0 Å². The molecule has 1 aliphatic heterocycles. The van der Waals surface area contributed by atoms with Crippen LogP contribution in [0.3, 0.4) is 0 Å². The predicted octanol–water partition coefficient (Wildman–Crippen LogP) is 3.56. The number of amides is 1. The lowest BCUT2D eigenvalue weighted by molar-refractivity contribution is -0.116. The number of para-hydroxylation sites is 1. The van der Waals surface area contributed by atoms with E-state index in [9.17, 15) is 13.2 Å². The Morgan fingerprint density at radius 1 is 1.06 bits per heavy atom. The number of hydrogen-bond acceptors (Lipinski definition) is 6. The molecule has 9 heteroatoms. The molecule has 1 amide bonds. The van der Waals surface area contributed by atoms with E-state index in [1.165, 1.54) is 28.7 Å². The maximum atomic E-state index is 13.2. The maximum Gasteiger partial charge on any atom is 0.244 e. The van der Waals surface area contributed by atoms with E-state index >= 15 is 0 Å². The summed E-state index contributed by atoms with van der Waals surface area (Å²) in [6, 6.07) is 13.3. The molecule has 1 saturated heterocycles. The molecule has 0 atom stereocenters. The van der Waals surface area contributed by atoms with Crippen LogP contribution in [-0.2, 0) is 19.6 Å². The monoisotopic (exact) mass is 475 g/mol. The van der Waals surface area contributed by atoms with Crippen molar-refractivity contribution >= 4 is 33.4 Å². The Bertz CT molecular complexity index is 988. The van der Waals surface area contributed by atoms with Crippen LogP contribution >= 0.6 is 11.8 Å². The Labute approximate surface area is 194 Å². The summed E-state index contributed by atoms with van der Waals surface area (Å²) < 4.78 is 32.2. The maximum absolute atomic E-state index is 13.2. The van der Waals surface area contributed by atoms with E-state index in [4.69, 9.17) is 4.74 Å². The van der Waals surface area contributed by atoms with Gasteiger partial charge in [0.1, 0.15) is 4.90 Å². The molecule has 7 nitrogen and oxygen atoms in total. The van der Waals surface area contributed by atoms with Crippen molar-refractivity contribution in [2.75, 3.05) is 37.0 Å². The third kappa shape index (κ3) is 5.51. The van der Waals surface area contributed by atoms with Crippen LogP contribution in [0.15, 0.2) is 58.6 Å². The molecule has 2 aliphatic rings. The molecule has 0 N–H and O–H groups in total. The normalized spacial score (nSPS) is 18.4. The van der Waals surface area contributed by atoms with Crippen molar-refractivity contribution < 1.29 is 17.9 Å². The second-order valence-corrected chi connectivity index (χ2v) is 11.0. The zero-order valence-electron chi connectivity index (χ0n) is 18.1. The van der Waals surface area contributed by atoms with Crippen LogP contribution in [0.4, 0.5) is 5.69 Å². The van der Waals surface area contributed by atoms with Crippen molar-refractivity contribution in [2.45, 2.75) is 48.1 Å².